The Morgan fingerprint density at radius 3 is 3.20 bits per heavy atom. The number of H-pyrrole nitrogens is 1. The lowest BCUT2D eigenvalue weighted by atomic mass is 10.2. The summed E-state index contributed by atoms with van der Waals surface area (Å²) in [7, 11) is 0. The third-order valence-corrected chi connectivity index (χ3v) is 1.58. The number of hydrogen-bond acceptors (Lipinski definition) is 1. The van der Waals surface area contributed by atoms with E-state index < -0.39 is 0 Å². The van der Waals surface area contributed by atoms with Gasteiger partial charge in [-0.25, -0.2) is 4.98 Å². The first-order chi connectivity index (χ1) is 4.88. The van der Waals surface area contributed by atoms with Crippen LogP contribution in [0.4, 0.5) is 0 Å². The number of nitrogens with zero attached hydrogens (tertiary/aromatic N) is 1. The number of aromatic nitrogens is 2. The maximum absolute atomic E-state index is 4.09. The van der Waals surface area contributed by atoms with E-state index in [4.69, 9.17) is 0 Å². The average Bonchev–Trinajstić information content (AvgIpc) is 2.36. The molecule has 1 radical (unpaired) electrons. The Morgan fingerprint density at radius 1 is 1.50 bits per heavy atom. The molecule has 2 rings (SSSR count). The van der Waals surface area contributed by atoms with Crippen LogP contribution in [0.1, 0.15) is 5.56 Å². The van der Waals surface area contributed by atoms with Gasteiger partial charge >= 0.3 is 0 Å². The first kappa shape index (κ1) is 5.47. The number of benzene rings is 1. The fraction of sp³-hybridized carbons (Fsp3) is 0.125. The van der Waals surface area contributed by atoms with Gasteiger partial charge in [0.05, 0.1) is 17.4 Å². The lowest BCUT2D eigenvalue weighted by molar-refractivity contribution is 1.34. The van der Waals surface area contributed by atoms with E-state index in [0.717, 1.165) is 11.0 Å². The Hall–Kier alpha value is -1.31. The molecule has 0 aliphatic rings. The molecule has 1 N–H and O–H groups in total. The molecule has 10 heavy (non-hydrogen) atoms. The van der Waals surface area contributed by atoms with E-state index >= 15 is 0 Å². The van der Waals surface area contributed by atoms with Crippen LogP contribution in [0.15, 0.2) is 18.5 Å². The highest BCUT2D eigenvalue weighted by Crippen LogP contribution is 2.11. The number of imidazole rings is 1. The molecule has 0 saturated carbocycles. The molecular weight excluding hydrogens is 124 g/mol. The summed E-state index contributed by atoms with van der Waals surface area (Å²) in [4.78, 5) is 7.15. The predicted molar refractivity (Wildman–Crippen MR) is 39.7 cm³/mol. The molecule has 2 aromatic rings. The molecule has 0 amide bonds. The molecule has 0 unspecified atom stereocenters. The van der Waals surface area contributed by atoms with E-state index in [0.29, 0.717) is 0 Å². The van der Waals surface area contributed by atoms with E-state index in [1.807, 2.05) is 19.1 Å². The highest BCUT2D eigenvalue weighted by atomic mass is 14.9. The Balaban J connectivity index is 2.95. The normalized spacial score (nSPS) is 10.5. The summed E-state index contributed by atoms with van der Waals surface area (Å²) in [5.74, 6) is 0. The second-order valence-corrected chi connectivity index (χ2v) is 2.30. The largest absolute Gasteiger partial charge is 0.344 e. The van der Waals surface area contributed by atoms with Crippen LogP contribution < -0.4 is 0 Å². The van der Waals surface area contributed by atoms with Crippen molar-refractivity contribution in [3.63, 3.8) is 0 Å². The highest BCUT2D eigenvalue weighted by molar-refractivity contribution is 5.77. The Bertz CT molecular complexity index is 349. The zero-order valence-corrected chi connectivity index (χ0v) is 5.68. The number of fused-ring (bicyclic) bond motifs is 1. The molecule has 1 aromatic heterocycles. The van der Waals surface area contributed by atoms with Crippen LogP contribution in [0, 0.1) is 13.0 Å². The molecule has 0 fully saturated rings. The van der Waals surface area contributed by atoms with E-state index in [1.165, 1.54) is 5.56 Å². The molecule has 2 heteroatoms. The predicted octanol–water partition coefficient (Wildman–Crippen LogP) is 1.67. The summed E-state index contributed by atoms with van der Waals surface area (Å²) in [6, 6.07) is 6.83. The van der Waals surface area contributed by atoms with Crippen molar-refractivity contribution >= 4 is 11.0 Å². The zero-order valence-electron chi connectivity index (χ0n) is 5.68. The second-order valence-electron chi connectivity index (χ2n) is 2.30. The summed E-state index contributed by atoms with van der Waals surface area (Å²) >= 11 is 0. The summed E-state index contributed by atoms with van der Waals surface area (Å²) < 4.78 is 0. The molecule has 0 spiro atoms. The van der Waals surface area contributed by atoms with Crippen molar-refractivity contribution in [3.05, 3.63) is 30.1 Å². The van der Waals surface area contributed by atoms with Crippen molar-refractivity contribution in [1.82, 2.24) is 9.97 Å². The first-order valence-corrected chi connectivity index (χ1v) is 3.18. The number of nitrogens with one attached hydrogen (secondary N) is 1. The molecule has 49 valence electrons. The fourth-order valence-electron chi connectivity index (χ4n) is 1.05. The average molecular weight is 131 g/mol. The van der Waals surface area contributed by atoms with Crippen molar-refractivity contribution in [2.45, 2.75) is 6.92 Å². The van der Waals surface area contributed by atoms with Crippen LogP contribution >= 0.6 is 0 Å². The molecule has 0 bridgehead atoms. The van der Waals surface area contributed by atoms with Crippen molar-refractivity contribution in [3.8, 4) is 0 Å². The lowest BCUT2D eigenvalue weighted by Gasteiger charge is -1.90. The van der Waals surface area contributed by atoms with Gasteiger partial charge in [0.25, 0.3) is 0 Å². The van der Waals surface area contributed by atoms with Gasteiger partial charge in [0, 0.05) is 0 Å². The number of aryl methyl sites for hydroxylation is 1. The van der Waals surface area contributed by atoms with Crippen LogP contribution in [-0.4, -0.2) is 9.97 Å². The number of hydrogen-bond donors (Lipinski definition) is 1. The van der Waals surface area contributed by atoms with Gasteiger partial charge in [0.15, 0.2) is 0 Å². The maximum Gasteiger partial charge on any atom is 0.0931 e. The Morgan fingerprint density at radius 2 is 2.40 bits per heavy atom. The quantitative estimate of drug-likeness (QED) is 0.578. The molecule has 0 saturated heterocycles. The van der Waals surface area contributed by atoms with Crippen LogP contribution in [0.25, 0.3) is 11.0 Å². The summed E-state index contributed by atoms with van der Waals surface area (Å²) in [6.07, 6.45) is 1.70. The van der Waals surface area contributed by atoms with Crippen LogP contribution in [0.5, 0.6) is 0 Å². The van der Waals surface area contributed by atoms with Gasteiger partial charge in [-0.1, -0.05) is 0 Å². The molecule has 0 aliphatic heterocycles. The molecule has 1 aromatic carbocycles. The third-order valence-electron chi connectivity index (χ3n) is 1.58. The Kier molecular flexibility index (Phi) is 1.01. The first-order valence-electron chi connectivity index (χ1n) is 3.18. The van der Waals surface area contributed by atoms with E-state index in [2.05, 4.69) is 16.0 Å². The monoisotopic (exact) mass is 131 g/mol. The standard InChI is InChI=1S/C8H7N2/c1-6-3-2-4-7-8(6)10-5-9-7/h3-5H,1H3,(H,9,10). The van der Waals surface area contributed by atoms with Crippen molar-refractivity contribution in [2.24, 2.45) is 0 Å². The third kappa shape index (κ3) is 0.620. The van der Waals surface area contributed by atoms with Gasteiger partial charge in [-0.3, -0.25) is 0 Å². The molecule has 2 nitrogen and oxygen atoms in total. The maximum atomic E-state index is 4.09. The van der Waals surface area contributed by atoms with Crippen LogP contribution in [-0.2, 0) is 0 Å². The minimum atomic E-state index is 0.986. The zero-order chi connectivity index (χ0) is 6.97. The van der Waals surface area contributed by atoms with Gasteiger partial charge in [0.1, 0.15) is 0 Å². The van der Waals surface area contributed by atoms with Gasteiger partial charge in [-0.05, 0) is 30.7 Å². The topological polar surface area (TPSA) is 28.7 Å². The van der Waals surface area contributed by atoms with Crippen LogP contribution in [0.2, 0.25) is 0 Å². The minimum absolute atomic E-state index is 0.986. The number of aromatic amines is 1. The summed E-state index contributed by atoms with van der Waals surface area (Å²) in [6.45, 7) is 2.04. The van der Waals surface area contributed by atoms with Gasteiger partial charge in [0.2, 0.25) is 0 Å². The summed E-state index contributed by atoms with van der Waals surface area (Å²) in [5.41, 5.74) is 3.29. The van der Waals surface area contributed by atoms with E-state index in [-0.39, 0.29) is 0 Å². The van der Waals surface area contributed by atoms with Crippen molar-refractivity contribution < 1.29 is 0 Å². The fourth-order valence-corrected chi connectivity index (χ4v) is 1.05. The van der Waals surface area contributed by atoms with Gasteiger partial charge in [-0.2, -0.15) is 0 Å². The smallest absolute Gasteiger partial charge is 0.0931 e. The molecular formula is C8H7N2. The van der Waals surface area contributed by atoms with Gasteiger partial charge < -0.3 is 4.98 Å². The van der Waals surface area contributed by atoms with Gasteiger partial charge in [-0.15, -0.1) is 0 Å². The molecule has 0 atom stereocenters. The van der Waals surface area contributed by atoms with E-state index in [9.17, 15) is 0 Å². The van der Waals surface area contributed by atoms with E-state index in [1.54, 1.807) is 6.33 Å². The SMILES string of the molecule is Cc1c[c]cc2nc[nH]c12. The minimum Gasteiger partial charge on any atom is -0.344 e. The second kappa shape index (κ2) is 1.84. The summed E-state index contributed by atoms with van der Waals surface area (Å²) in [5, 5.41) is 0. The Labute approximate surface area is 58.9 Å². The van der Waals surface area contributed by atoms with Crippen molar-refractivity contribution in [2.75, 3.05) is 0 Å². The molecule has 1 heterocycles. The van der Waals surface area contributed by atoms with Crippen molar-refractivity contribution in [1.29, 1.82) is 0 Å². The lowest BCUT2D eigenvalue weighted by Crippen LogP contribution is -1.74. The molecule has 0 aliphatic carbocycles. The number of rotatable bonds is 0. The van der Waals surface area contributed by atoms with Crippen LogP contribution in [0.3, 0.4) is 0 Å². The highest BCUT2D eigenvalue weighted by Gasteiger charge is 1.95.